The lowest BCUT2D eigenvalue weighted by Crippen LogP contribution is -2.27. The summed E-state index contributed by atoms with van der Waals surface area (Å²) >= 11 is 0. The van der Waals surface area contributed by atoms with Gasteiger partial charge in [0.2, 0.25) is 5.91 Å². The molecule has 1 fully saturated rings. The van der Waals surface area contributed by atoms with Crippen LogP contribution in [0.25, 0.3) is 0 Å². The number of ether oxygens (including phenoxy) is 2. The van der Waals surface area contributed by atoms with E-state index in [1.165, 1.54) is 11.1 Å². The van der Waals surface area contributed by atoms with Crippen LogP contribution in [0.15, 0.2) is 23.3 Å². The fourth-order valence-electron chi connectivity index (χ4n) is 1.92. The van der Waals surface area contributed by atoms with Gasteiger partial charge in [-0.05, 0) is 30.7 Å². The van der Waals surface area contributed by atoms with Gasteiger partial charge in [-0.1, -0.05) is 0 Å². The first-order chi connectivity index (χ1) is 11.9. The molecular formula is C16H20N4O5. The van der Waals surface area contributed by atoms with Crippen LogP contribution in [0.1, 0.15) is 12.5 Å². The highest BCUT2D eigenvalue weighted by Crippen LogP contribution is 2.28. The Morgan fingerprint density at radius 1 is 1.32 bits per heavy atom. The van der Waals surface area contributed by atoms with Gasteiger partial charge < -0.3 is 14.4 Å². The van der Waals surface area contributed by atoms with E-state index in [4.69, 9.17) is 9.47 Å². The molecule has 1 saturated heterocycles. The summed E-state index contributed by atoms with van der Waals surface area (Å²) in [5.41, 5.74) is 0.655. The zero-order chi connectivity index (χ0) is 18.4. The first-order valence-electron chi connectivity index (χ1n) is 7.65. The molecule has 134 valence electrons. The molecular weight excluding hydrogens is 328 g/mol. The predicted octanol–water partition coefficient (Wildman–Crippen LogP) is 0.438. The van der Waals surface area contributed by atoms with Gasteiger partial charge in [0.05, 0.1) is 12.8 Å². The zero-order valence-corrected chi connectivity index (χ0v) is 14.3. The minimum atomic E-state index is -0.562. The van der Waals surface area contributed by atoms with Crippen LogP contribution in [0.5, 0.6) is 11.5 Å². The number of hydrogen-bond donors (Lipinski definition) is 1. The summed E-state index contributed by atoms with van der Waals surface area (Å²) in [4.78, 5) is 35.6. The van der Waals surface area contributed by atoms with E-state index in [1.54, 1.807) is 32.3 Å². The minimum Gasteiger partial charge on any atom is -0.490 e. The second kappa shape index (κ2) is 8.13. The number of hydrazone groups is 1. The van der Waals surface area contributed by atoms with Crippen LogP contribution >= 0.6 is 0 Å². The lowest BCUT2D eigenvalue weighted by atomic mass is 10.2. The molecule has 0 aliphatic carbocycles. The Bertz CT molecular complexity index is 702. The SMILES string of the molecule is CCOc1cc(/C=N\N2CC(=O)NC2=O)ccc1OCC(=O)N(C)C. The number of amides is 4. The third-order valence-electron chi connectivity index (χ3n) is 3.24. The second-order valence-electron chi connectivity index (χ2n) is 5.37. The van der Waals surface area contributed by atoms with Crippen LogP contribution in [0.3, 0.4) is 0 Å². The standard InChI is InChI=1S/C16H20N4O5/c1-4-24-13-7-11(8-17-20-9-14(21)18-16(20)23)5-6-12(13)25-10-15(22)19(2)3/h5-8H,4,9-10H2,1-3H3,(H,18,21,23)/b17-8-. The monoisotopic (exact) mass is 348 g/mol. The normalized spacial score (nSPS) is 14.0. The van der Waals surface area contributed by atoms with Crippen molar-refractivity contribution in [1.29, 1.82) is 0 Å². The molecule has 0 spiro atoms. The predicted molar refractivity (Wildman–Crippen MR) is 89.6 cm³/mol. The Morgan fingerprint density at radius 2 is 2.08 bits per heavy atom. The number of rotatable bonds is 7. The fourth-order valence-corrected chi connectivity index (χ4v) is 1.92. The second-order valence-corrected chi connectivity index (χ2v) is 5.37. The van der Waals surface area contributed by atoms with Crippen LogP contribution in [0.2, 0.25) is 0 Å². The van der Waals surface area contributed by atoms with Gasteiger partial charge in [-0.15, -0.1) is 0 Å². The number of benzene rings is 1. The maximum Gasteiger partial charge on any atom is 0.344 e. The number of hydrogen-bond acceptors (Lipinski definition) is 6. The summed E-state index contributed by atoms with van der Waals surface area (Å²) < 4.78 is 11.0. The smallest absolute Gasteiger partial charge is 0.344 e. The largest absolute Gasteiger partial charge is 0.490 e. The van der Waals surface area contributed by atoms with Crippen LogP contribution in [0, 0.1) is 0 Å². The van der Waals surface area contributed by atoms with Gasteiger partial charge >= 0.3 is 6.03 Å². The molecule has 0 aromatic heterocycles. The van der Waals surface area contributed by atoms with E-state index in [-0.39, 0.29) is 19.1 Å². The summed E-state index contributed by atoms with van der Waals surface area (Å²) in [7, 11) is 3.29. The summed E-state index contributed by atoms with van der Waals surface area (Å²) in [5.74, 6) is 0.326. The van der Waals surface area contributed by atoms with Gasteiger partial charge in [0.1, 0.15) is 6.54 Å². The first-order valence-corrected chi connectivity index (χ1v) is 7.65. The molecule has 1 aliphatic heterocycles. The molecule has 2 rings (SSSR count). The lowest BCUT2D eigenvalue weighted by molar-refractivity contribution is -0.130. The van der Waals surface area contributed by atoms with Gasteiger partial charge in [-0.3, -0.25) is 14.9 Å². The maximum atomic E-state index is 11.6. The van der Waals surface area contributed by atoms with E-state index in [2.05, 4.69) is 10.4 Å². The van der Waals surface area contributed by atoms with E-state index in [1.807, 2.05) is 6.92 Å². The lowest BCUT2D eigenvalue weighted by Gasteiger charge is -2.14. The van der Waals surface area contributed by atoms with Gasteiger partial charge in [0.15, 0.2) is 18.1 Å². The van der Waals surface area contributed by atoms with Crippen LogP contribution in [-0.2, 0) is 9.59 Å². The molecule has 9 heteroatoms. The van der Waals surface area contributed by atoms with Crippen molar-refractivity contribution in [2.24, 2.45) is 5.10 Å². The van der Waals surface area contributed by atoms with Crippen LogP contribution in [0.4, 0.5) is 4.79 Å². The molecule has 9 nitrogen and oxygen atoms in total. The number of urea groups is 1. The summed E-state index contributed by atoms with van der Waals surface area (Å²) in [6, 6.07) is 4.48. The third kappa shape index (κ3) is 4.93. The molecule has 1 aromatic rings. The Balaban J connectivity index is 2.10. The average molecular weight is 348 g/mol. The topological polar surface area (TPSA) is 101 Å². The van der Waals surface area contributed by atoms with Crippen molar-refractivity contribution in [3.05, 3.63) is 23.8 Å². The number of carbonyl (C=O) groups is 3. The van der Waals surface area contributed by atoms with Crippen molar-refractivity contribution in [3.63, 3.8) is 0 Å². The summed E-state index contributed by atoms with van der Waals surface area (Å²) in [5, 5.41) is 7.14. The van der Waals surface area contributed by atoms with E-state index in [0.717, 1.165) is 5.01 Å². The highest BCUT2D eigenvalue weighted by atomic mass is 16.5. The molecule has 4 amide bonds. The minimum absolute atomic E-state index is 0.101. The average Bonchev–Trinajstić information content (AvgIpc) is 2.89. The number of nitrogens with zero attached hydrogens (tertiary/aromatic N) is 3. The van der Waals surface area contributed by atoms with E-state index >= 15 is 0 Å². The maximum absolute atomic E-state index is 11.6. The quantitative estimate of drug-likeness (QED) is 0.569. The molecule has 1 N–H and O–H groups in total. The van der Waals surface area contributed by atoms with E-state index < -0.39 is 11.9 Å². The number of carbonyl (C=O) groups excluding carboxylic acids is 3. The zero-order valence-electron chi connectivity index (χ0n) is 14.3. The highest BCUT2D eigenvalue weighted by Gasteiger charge is 2.25. The molecule has 0 saturated carbocycles. The number of likely N-dealkylation sites (N-methyl/N-ethyl adjacent to an activating group) is 1. The van der Waals surface area contributed by atoms with Crippen molar-refractivity contribution in [2.45, 2.75) is 6.92 Å². The van der Waals surface area contributed by atoms with Crippen molar-refractivity contribution < 1.29 is 23.9 Å². The molecule has 0 radical (unpaired) electrons. The molecule has 0 bridgehead atoms. The Labute approximate surface area is 145 Å². The Morgan fingerprint density at radius 3 is 2.68 bits per heavy atom. The molecule has 0 unspecified atom stereocenters. The Hall–Kier alpha value is -3.10. The number of nitrogens with one attached hydrogen (secondary N) is 1. The first kappa shape index (κ1) is 18.2. The van der Waals surface area contributed by atoms with Gasteiger partial charge in [-0.2, -0.15) is 5.10 Å². The van der Waals surface area contributed by atoms with Gasteiger partial charge in [0.25, 0.3) is 5.91 Å². The molecule has 1 aliphatic rings. The van der Waals surface area contributed by atoms with Crippen molar-refractivity contribution >= 4 is 24.1 Å². The van der Waals surface area contributed by atoms with Crippen LogP contribution in [-0.4, -0.2) is 67.8 Å². The fraction of sp³-hybridized carbons (Fsp3) is 0.375. The summed E-state index contributed by atoms with van der Waals surface area (Å²) in [6.45, 7) is 2.04. The molecule has 1 aromatic carbocycles. The number of imide groups is 1. The highest BCUT2D eigenvalue weighted by molar-refractivity contribution is 6.02. The molecule has 0 atom stereocenters. The van der Waals surface area contributed by atoms with Gasteiger partial charge in [0, 0.05) is 14.1 Å². The van der Waals surface area contributed by atoms with Crippen molar-refractivity contribution in [1.82, 2.24) is 15.2 Å². The van der Waals surface area contributed by atoms with E-state index in [9.17, 15) is 14.4 Å². The Kier molecular flexibility index (Phi) is 5.93. The summed E-state index contributed by atoms with van der Waals surface area (Å²) in [6.07, 6.45) is 1.44. The van der Waals surface area contributed by atoms with E-state index in [0.29, 0.717) is 23.7 Å². The third-order valence-corrected chi connectivity index (χ3v) is 3.24. The van der Waals surface area contributed by atoms with Crippen molar-refractivity contribution in [3.8, 4) is 11.5 Å². The molecule has 25 heavy (non-hydrogen) atoms. The molecule has 1 heterocycles. The van der Waals surface area contributed by atoms with Crippen molar-refractivity contribution in [2.75, 3.05) is 33.9 Å². The van der Waals surface area contributed by atoms with Crippen LogP contribution < -0.4 is 14.8 Å². The van der Waals surface area contributed by atoms with Gasteiger partial charge in [-0.25, -0.2) is 9.80 Å².